The van der Waals surface area contributed by atoms with Crippen LogP contribution in [0, 0.1) is 0 Å². The number of aliphatic hydroxyl groups excluding tert-OH is 1. The van der Waals surface area contributed by atoms with E-state index >= 15 is 0 Å². The minimum Gasteiger partial charge on any atom is -0.392 e. The number of benzene rings is 1. The van der Waals surface area contributed by atoms with Crippen LogP contribution in [0.5, 0.6) is 0 Å². The molecule has 0 bridgehead atoms. The number of hydrogen-bond donors (Lipinski definition) is 1. The number of ketones is 1. The van der Waals surface area contributed by atoms with E-state index in [1.807, 2.05) is 12.1 Å². The Balaban J connectivity index is 3.05. The van der Waals surface area contributed by atoms with Crippen molar-refractivity contribution in [2.75, 3.05) is 0 Å². The lowest BCUT2D eigenvalue weighted by atomic mass is 10.1. The summed E-state index contributed by atoms with van der Waals surface area (Å²) in [6.07, 6.45) is 0. The van der Waals surface area contributed by atoms with E-state index in [9.17, 15) is 4.79 Å². The monoisotopic (exact) mass is 320 g/mol. The van der Waals surface area contributed by atoms with Crippen LogP contribution in [-0.2, 0) is 11.4 Å². The molecule has 76 valence electrons. The summed E-state index contributed by atoms with van der Waals surface area (Å²) >= 11 is 6.67. The Kier molecular flexibility index (Phi) is 4.29. The van der Waals surface area contributed by atoms with Crippen LogP contribution in [0.3, 0.4) is 0 Å². The Bertz CT molecular complexity index is 350. The number of aliphatic hydroxyl groups is 1. The maximum absolute atomic E-state index is 11.1. The molecule has 1 unspecified atom stereocenters. The van der Waals surface area contributed by atoms with Crippen LogP contribution in [0.25, 0.3) is 0 Å². The van der Waals surface area contributed by atoms with Gasteiger partial charge in [0, 0.05) is 4.47 Å². The summed E-state index contributed by atoms with van der Waals surface area (Å²) in [6.45, 7) is 1.54. The molecule has 0 aliphatic carbocycles. The molecule has 0 heterocycles. The Morgan fingerprint density at radius 1 is 1.57 bits per heavy atom. The summed E-state index contributed by atoms with van der Waals surface area (Å²) in [4.78, 5) is 10.8. The SMILES string of the molecule is CC(=O)C(Br)c1ccc(CO)cc1Br. The third-order valence-corrected chi connectivity index (χ3v) is 3.70. The minimum absolute atomic E-state index is 0.00586. The van der Waals surface area contributed by atoms with Crippen LogP contribution in [0.4, 0.5) is 0 Å². The highest BCUT2D eigenvalue weighted by Crippen LogP contribution is 2.31. The van der Waals surface area contributed by atoms with Crippen molar-refractivity contribution in [3.63, 3.8) is 0 Å². The molecule has 0 spiro atoms. The van der Waals surface area contributed by atoms with Crippen molar-refractivity contribution in [2.45, 2.75) is 18.4 Å². The second-order valence-electron chi connectivity index (χ2n) is 2.99. The van der Waals surface area contributed by atoms with E-state index in [-0.39, 0.29) is 17.2 Å². The van der Waals surface area contributed by atoms with Crippen molar-refractivity contribution in [1.82, 2.24) is 0 Å². The maximum atomic E-state index is 11.1. The lowest BCUT2D eigenvalue weighted by molar-refractivity contribution is -0.116. The fourth-order valence-corrected chi connectivity index (χ4v) is 2.46. The van der Waals surface area contributed by atoms with Crippen molar-refractivity contribution >= 4 is 37.6 Å². The lowest BCUT2D eigenvalue weighted by Gasteiger charge is -2.09. The Labute approximate surface area is 99.6 Å². The van der Waals surface area contributed by atoms with Crippen LogP contribution in [0.1, 0.15) is 22.9 Å². The number of alkyl halides is 1. The highest BCUT2D eigenvalue weighted by molar-refractivity contribution is 9.11. The largest absolute Gasteiger partial charge is 0.392 e. The first-order chi connectivity index (χ1) is 6.56. The van der Waals surface area contributed by atoms with Crippen molar-refractivity contribution in [2.24, 2.45) is 0 Å². The molecule has 1 N–H and O–H groups in total. The van der Waals surface area contributed by atoms with E-state index in [1.165, 1.54) is 6.92 Å². The molecule has 0 aliphatic rings. The first-order valence-electron chi connectivity index (χ1n) is 4.10. The van der Waals surface area contributed by atoms with Crippen LogP contribution < -0.4 is 0 Å². The van der Waals surface area contributed by atoms with Gasteiger partial charge in [0.25, 0.3) is 0 Å². The standard InChI is InChI=1S/C10H10Br2O2/c1-6(14)10(12)8-3-2-7(5-13)4-9(8)11/h2-4,10,13H,5H2,1H3. The average Bonchev–Trinajstić information content (AvgIpc) is 2.16. The zero-order valence-corrected chi connectivity index (χ0v) is 10.8. The van der Waals surface area contributed by atoms with Crippen molar-refractivity contribution < 1.29 is 9.90 Å². The van der Waals surface area contributed by atoms with E-state index < -0.39 is 0 Å². The summed E-state index contributed by atoms with van der Waals surface area (Å²) in [5, 5.41) is 8.90. The summed E-state index contributed by atoms with van der Waals surface area (Å²) in [5.41, 5.74) is 1.71. The third kappa shape index (κ3) is 2.65. The third-order valence-electron chi connectivity index (χ3n) is 1.88. The van der Waals surface area contributed by atoms with Crippen molar-refractivity contribution in [3.8, 4) is 0 Å². The average molecular weight is 322 g/mol. The second-order valence-corrected chi connectivity index (χ2v) is 4.76. The molecule has 14 heavy (non-hydrogen) atoms. The topological polar surface area (TPSA) is 37.3 Å². The first kappa shape index (κ1) is 11.9. The molecule has 0 aromatic heterocycles. The molecule has 0 saturated carbocycles. The lowest BCUT2D eigenvalue weighted by Crippen LogP contribution is -2.02. The van der Waals surface area contributed by atoms with Crippen molar-refractivity contribution in [1.29, 1.82) is 0 Å². The van der Waals surface area contributed by atoms with Gasteiger partial charge in [0.1, 0.15) is 5.78 Å². The van der Waals surface area contributed by atoms with Gasteiger partial charge in [-0.15, -0.1) is 0 Å². The summed E-state index contributed by atoms with van der Waals surface area (Å²) in [5.74, 6) is 0.0578. The fourth-order valence-electron chi connectivity index (χ4n) is 1.09. The van der Waals surface area contributed by atoms with Gasteiger partial charge in [-0.2, -0.15) is 0 Å². The Morgan fingerprint density at radius 2 is 2.21 bits per heavy atom. The molecule has 0 amide bonds. The molecule has 1 atom stereocenters. The molecule has 1 aromatic rings. The van der Waals surface area contributed by atoms with Crippen molar-refractivity contribution in [3.05, 3.63) is 33.8 Å². The van der Waals surface area contributed by atoms with Gasteiger partial charge in [0.05, 0.1) is 11.4 Å². The predicted molar refractivity (Wildman–Crippen MR) is 62.4 cm³/mol. The second kappa shape index (κ2) is 5.05. The molecule has 0 aliphatic heterocycles. The van der Waals surface area contributed by atoms with E-state index in [1.54, 1.807) is 6.07 Å². The van der Waals surface area contributed by atoms with Gasteiger partial charge < -0.3 is 5.11 Å². The summed E-state index contributed by atoms with van der Waals surface area (Å²) in [7, 11) is 0. The predicted octanol–water partition coefficient (Wildman–Crippen LogP) is 2.97. The Morgan fingerprint density at radius 3 is 2.64 bits per heavy atom. The molecule has 0 fully saturated rings. The maximum Gasteiger partial charge on any atom is 0.147 e. The van der Waals surface area contributed by atoms with E-state index in [0.717, 1.165) is 15.6 Å². The van der Waals surface area contributed by atoms with Gasteiger partial charge in [-0.05, 0) is 24.1 Å². The molecule has 0 radical (unpaired) electrons. The van der Waals surface area contributed by atoms with Crippen LogP contribution in [0.2, 0.25) is 0 Å². The van der Waals surface area contributed by atoms with Gasteiger partial charge in [0.15, 0.2) is 0 Å². The minimum atomic E-state index is -0.287. The molecule has 4 heteroatoms. The molecule has 2 nitrogen and oxygen atoms in total. The molecular weight excluding hydrogens is 312 g/mol. The fraction of sp³-hybridized carbons (Fsp3) is 0.300. The zero-order valence-electron chi connectivity index (χ0n) is 7.63. The normalized spacial score (nSPS) is 12.6. The number of hydrogen-bond acceptors (Lipinski definition) is 2. The van der Waals surface area contributed by atoms with Gasteiger partial charge >= 0.3 is 0 Å². The number of carbonyl (C=O) groups is 1. The first-order valence-corrected chi connectivity index (χ1v) is 5.81. The molecule has 1 aromatic carbocycles. The van der Waals surface area contributed by atoms with Gasteiger partial charge in [0.2, 0.25) is 0 Å². The number of Topliss-reactive ketones (excluding diaryl/α,β-unsaturated/α-hetero) is 1. The van der Waals surface area contributed by atoms with E-state index in [2.05, 4.69) is 31.9 Å². The molecule has 1 rings (SSSR count). The van der Waals surface area contributed by atoms with E-state index in [4.69, 9.17) is 5.11 Å². The molecule has 0 saturated heterocycles. The molecular formula is C10H10Br2O2. The van der Waals surface area contributed by atoms with Gasteiger partial charge in [-0.3, -0.25) is 4.79 Å². The van der Waals surface area contributed by atoms with Gasteiger partial charge in [-0.25, -0.2) is 0 Å². The van der Waals surface area contributed by atoms with Crippen LogP contribution in [0.15, 0.2) is 22.7 Å². The smallest absolute Gasteiger partial charge is 0.147 e. The van der Waals surface area contributed by atoms with Crippen LogP contribution in [-0.4, -0.2) is 10.9 Å². The quantitative estimate of drug-likeness (QED) is 0.869. The van der Waals surface area contributed by atoms with E-state index in [0.29, 0.717) is 0 Å². The number of rotatable bonds is 3. The number of carbonyl (C=O) groups excluding carboxylic acids is 1. The van der Waals surface area contributed by atoms with Gasteiger partial charge in [-0.1, -0.05) is 44.0 Å². The summed E-state index contributed by atoms with van der Waals surface area (Å²) < 4.78 is 0.834. The highest BCUT2D eigenvalue weighted by Gasteiger charge is 2.15. The Hall–Kier alpha value is -0.190. The van der Waals surface area contributed by atoms with Crippen LogP contribution >= 0.6 is 31.9 Å². The summed E-state index contributed by atoms with van der Waals surface area (Å²) in [6, 6.07) is 5.44. The number of halogens is 2. The highest BCUT2D eigenvalue weighted by atomic mass is 79.9. The zero-order chi connectivity index (χ0) is 10.7.